The Hall–Kier alpha value is -2.13. The van der Waals surface area contributed by atoms with E-state index in [1.54, 1.807) is 0 Å². The summed E-state index contributed by atoms with van der Waals surface area (Å²) >= 11 is 5.40. The Bertz CT molecular complexity index is 701. The second-order valence-electron chi connectivity index (χ2n) is 4.41. The predicted octanol–water partition coefficient (Wildman–Crippen LogP) is 3.63. The fraction of sp³-hybridized carbons (Fsp3) is 0.0625. The normalized spacial score (nSPS) is 10.5. The van der Waals surface area contributed by atoms with Gasteiger partial charge < -0.3 is 10.3 Å². The van der Waals surface area contributed by atoms with Gasteiger partial charge in [-0.05, 0) is 11.6 Å². The van der Waals surface area contributed by atoms with Crippen LogP contribution in [0.2, 0.25) is 0 Å². The lowest BCUT2D eigenvalue weighted by atomic mass is 10.1. The van der Waals surface area contributed by atoms with Crippen molar-refractivity contribution in [2.75, 3.05) is 0 Å². The Morgan fingerprint density at radius 2 is 1.74 bits per heavy atom. The van der Waals surface area contributed by atoms with Crippen LogP contribution < -0.4 is 5.32 Å². The lowest BCUT2D eigenvalue weighted by molar-refractivity contribution is 0.937. The molecule has 0 saturated heterocycles. The average molecular weight is 266 g/mol. The molecule has 0 bridgehead atoms. The van der Waals surface area contributed by atoms with Crippen LogP contribution in [-0.2, 0) is 6.54 Å². The fourth-order valence-electron chi connectivity index (χ4n) is 2.14. The molecule has 2 aromatic carbocycles. The number of benzene rings is 2. The number of hydrogen-bond acceptors (Lipinski definition) is 1. The number of hydrogen-bond donors (Lipinski definition) is 2. The molecule has 0 saturated carbocycles. The van der Waals surface area contributed by atoms with Crippen molar-refractivity contribution in [3.8, 4) is 0 Å². The molecule has 0 spiro atoms. The molecule has 2 nitrogen and oxygen atoms in total. The van der Waals surface area contributed by atoms with Gasteiger partial charge in [-0.15, -0.1) is 0 Å². The van der Waals surface area contributed by atoms with Crippen molar-refractivity contribution in [3.05, 3.63) is 71.9 Å². The third kappa shape index (κ3) is 2.51. The van der Waals surface area contributed by atoms with E-state index >= 15 is 0 Å². The highest BCUT2D eigenvalue weighted by Gasteiger charge is 2.04. The lowest BCUT2D eigenvalue weighted by Crippen LogP contribution is -2.21. The maximum atomic E-state index is 5.40. The van der Waals surface area contributed by atoms with E-state index in [1.165, 1.54) is 10.9 Å². The SMILES string of the molecule is S=C(NCc1c[nH]c2ccccc12)c1ccccc1. The zero-order chi connectivity index (χ0) is 13.1. The van der Waals surface area contributed by atoms with Gasteiger partial charge in [0.05, 0.1) is 0 Å². The van der Waals surface area contributed by atoms with Gasteiger partial charge in [0.25, 0.3) is 0 Å². The van der Waals surface area contributed by atoms with E-state index in [1.807, 2.05) is 42.6 Å². The first kappa shape index (κ1) is 11.9. The van der Waals surface area contributed by atoms with Crippen molar-refractivity contribution in [1.82, 2.24) is 10.3 Å². The first-order valence-corrected chi connectivity index (χ1v) is 6.63. The maximum absolute atomic E-state index is 5.40. The number of fused-ring (bicyclic) bond motifs is 1. The molecule has 3 aromatic rings. The summed E-state index contributed by atoms with van der Waals surface area (Å²) in [5.41, 5.74) is 3.44. The Labute approximate surface area is 117 Å². The summed E-state index contributed by atoms with van der Waals surface area (Å²) in [7, 11) is 0. The highest BCUT2D eigenvalue weighted by molar-refractivity contribution is 7.80. The minimum Gasteiger partial charge on any atom is -0.372 e. The van der Waals surface area contributed by atoms with Crippen molar-refractivity contribution in [1.29, 1.82) is 0 Å². The van der Waals surface area contributed by atoms with Gasteiger partial charge in [0.1, 0.15) is 4.99 Å². The molecule has 0 atom stereocenters. The zero-order valence-corrected chi connectivity index (χ0v) is 11.2. The van der Waals surface area contributed by atoms with Gasteiger partial charge in [-0.2, -0.15) is 0 Å². The molecule has 2 N–H and O–H groups in total. The molecule has 1 aromatic heterocycles. The number of H-pyrrole nitrogens is 1. The van der Waals surface area contributed by atoms with E-state index in [0.717, 1.165) is 22.6 Å². The molecule has 0 unspecified atom stereocenters. The number of thiocarbonyl (C=S) groups is 1. The number of aromatic nitrogens is 1. The topological polar surface area (TPSA) is 27.8 Å². The van der Waals surface area contributed by atoms with Crippen LogP contribution in [0.4, 0.5) is 0 Å². The molecule has 1 heterocycles. The van der Waals surface area contributed by atoms with E-state index < -0.39 is 0 Å². The van der Waals surface area contributed by atoms with Crippen molar-refractivity contribution in [2.45, 2.75) is 6.54 Å². The number of aromatic amines is 1. The second kappa shape index (κ2) is 5.24. The summed E-state index contributed by atoms with van der Waals surface area (Å²) in [4.78, 5) is 4.05. The molecule has 0 aliphatic carbocycles. The van der Waals surface area contributed by atoms with Gasteiger partial charge >= 0.3 is 0 Å². The number of rotatable bonds is 3. The van der Waals surface area contributed by atoms with Gasteiger partial charge in [-0.3, -0.25) is 0 Å². The van der Waals surface area contributed by atoms with Crippen molar-refractivity contribution >= 4 is 28.1 Å². The Kier molecular flexibility index (Phi) is 3.29. The van der Waals surface area contributed by atoms with E-state index in [-0.39, 0.29) is 0 Å². The Morgan fingerprint density at radius 1 is 1.00 bits per heavy atom. The third-order valence-electron chi connectivity index (χ3n) is 3.15. The molecular weight excluding hydrogens is 252 g/mol. The summed E-state index contributed by atoms with van der Waals surface area (Å²) in [6.45, 7) is 0.734. The van der Waals surface area contributed by atoms with Crippen LogP contribution in [0, 0.1) is 0 Å². The first-order valence-electron chi connectivity index (χ1n) is 6.23. The van der Waals surface area contributed by atoms with E-state index in [9.17, 15) is 0 Å². The van der Waals surface area contributed by atoms with Gasteiger partial charge in [-0.1, -0.05) is 60.7 Å². The van der Waals surface area contributed by atoms with Crippen LogP contribution in [-0.4, -0.2) is 9.97 Å². The predicted molar refractivity (Wildman–Crippen MR) is 83.3 cm³/mol. The molecule has 3 rings (SSSR count). The van der Waals surface area contributed by atoms with E-state index in [0.29, 0.717) is 0 Å². The summed E-state index contributed by atoms with van der Waals surface area (Å²) in [5, 5.41) is 4.55. The molecule has 0 radical (unpaired) electrons. The molecule has 19 heavy (non-hydrogen) atoms. The van der Waals surface area contributed by atoms with Gasteiger partial charge in [0.2, 0.25) is 0 Å². The van der Waals surface area contributed by atoms with Gasteiger partial charge in [-0.25, -0.2) is 0 Å². The monoisotopic (exact) mass is 266 g/mol. The van der Waals surface area contributed by atoms with Crippen LogP contribution in [0.3, 0.4) is 0 Å². The quantitative estimate of drug-likeness (QED) is 0.708. The standard InChI is InChI=1S/C16H14N2S/c19-16(12-6-2-1-3-7-12)18-11-13-10-17-15-9-5-4-8-14(13)15/h1-10,17H,11H2,(H,18,19). The van der Waals surface area contributed by atoms with Crippen molar-refractivity contribution in [2.24, 2.45) is 0 Å². The van der Waals surface area contributed by atoms with Crippen molar-refractivity contribution in [3.63, 3.8) is 0 Å². The average Bonchev–Trinajstić information content (AvgIpc) is 2.89. The van der Waals surface area contributed by atoms with Gasteiger partial charge in [0, 0.05) is 29.2 Å². The van der Waals surface area contributed by atoms with Crippen molar-refractivity contribution < 1.29 is 0 Å². The van der Waals surface area contributed by atoms with Gasteiger partial charge in [0.15, 0.2) is 0 Å². The van der Waals surface area contributed by atoms with E-state index in [2.05, 4.69) is 28.5 Å². The van der Waals surface area contributed by atoms with Crippen LogP contribution >= 0.6 is 12.2 Å². The van der Waals surface area contributed by atoms with E-state index in [4.69, 9.17) is 12.2 Å². The lowest BCUT2D eigenvalue weighted by Gasteiger charge is -2.07. The molecular formula is C16H14N2S. The zero-order valence-electron chi connectivity index (χ0n) is 10.4. The smallest absolute Gasteiger partial charge is 0.106 e. The maximum Gasteiger partial charge on any atom is 0.106 e. The fourth-order valence-corrected chi connectivity index (χ4v) is 2.35. The Morgan fingerprint density at radius 3 is 2.58 bits per heavy atom. The molecule has 3 heteroatoms. The number of para-hydroxylation sites is 1. The summed E-state index contributed by atoms with van der Waals surface area (Å²) < 4.78 is 0. The first-order chi connectivity index (χ1) is 9.34. The second-order valence-corrected chi connectivity index (χ2v) is 4.82. The largest absolute Gasteiger partial charge is 0.372 e. The highest BCUT2D eigenvalue weighted by Crippen LogP contribution is 2.17. The molecule has 0 fully saturated rings. The molecule has 0 amide bonds. The molecule has 0 aliphatic heterocycles. The van der Waals surface area contributed by atoms with Crippen LogP contribution in [0.25, 0.3) is 10.9 Å². The van der Waals surface area contributed by atoms with Crippen LogP contribution in [0.5, 0.6) is 0 Å². The minimum atomic E-state index is 0.734. The van der Waals surface area contributed by atoms with Crippen LogP contribution in [0.1, 0.15) is 11.1 Å². The number of nitrogens with one attached hydrogen (secondary N) is 2. The summed E-state index contributed by atoms with van der Waals surface area (Å²) in [5.74, 6) is 0. The summed E-state index contributed by atoms with van der Waals surface area (Å²) in [6, 6.07) is 18.3. The Balaban J connectivity index is 1.75. The highest BCUT2D eigenvalue weighted by atomic mass is 32.1. The van der Waals surface area contributed by atoms with Crippen LogP contribution in [0.15, 0.2) is 60.8 Å². The summed E-state index contributed by atoms with van der Waals surface area (Å²) in [6.07, 6.45) is 2.03. The third-order valence-corrected chi connectivity index (χ3v) is 3.53. The molecule has 0 aliphatic rings. The minimum absolute atomic E-state index is 0.734. The molecule has 94 valence electrons.